The predicted octanol–water partition coefficient (Wildman–Crippen LogP) is 3.54. The quantitative estimate of drug-likeness (QED) is 0.813. The van der Waals surface area contributed by atoms with Crippen LogP contribution in [-0.4, -0.2) is 10.1 Å². The summed E-state index contributed by atoms with van der Waals surface area (Å²) >= 11 is 11.1. The number of thiocarbonyl (C=S) groups is 1. The highest BCUT2D eigenvalue weighted by Gasteiger charge is 1.98. The third-order valence-electron chi connectivity index (χ3n) is 2.02. The Balaban J connectivity index is 1.98. The van der Waals surface area contributed by atoms with Gasteiger partial charge >= 0.3 is 0 Å². The van der Waals surface area contributed by atoms with Crippen LogP contribution in [-0.2, 0) is 0 Å². The van der Waals surface area contributed by atoms with E-state index < -0.39 is 0 Å². The SMILES string of the molecule is S=C(Nc1ccncc1)Nc1cccc(Cl)c1. The van der Waals surface area contributed by atoms with Crippen molar-refractivity contribution in [3.8, 4) is 0 Å². The van der Waals surface area contributed by atoms with Gasteiger partial charge in [0.25, 0.3) is 0 Å². The molecule has 0 radical (unpaired) electrons. The Morgan fingerprint density at radius 2 is 1.76 bits per heavy atom. The molecular formula is C12H10ClN3S. The van der Waals surface area contributed by atoms with Crippen LogP contribution in [0.2, 0.25) is 5.02 Å². The van der Waals surface area contributed by atoms with Crippen LogP contribution in [0.3, 0.4) is 0 Å². The van der Waals surface area contributed by atoms with Crippen LogP contribution < -0.4 is 10.6 Å². The van der Waals surface area contributed by atoms with E-state index in [4.69, 9.17) is 23.8 Å². The Morgan fingerprint density at radius 3 is 2.47 bits per heavy atom. The summed E-state index contributed by atoms with van der Waals surface area (Å²) in [4.78, 5) is 3.93. The first kappa shape index (κ1) is 11.8. The van der Waals surface area contributed by atoms with Gasteiger partial charge in [-0.3, -0.25) is 4.98 Å². The Hall–Kier alpha value is -1.65. The minimum Gasteiger partial charge on any atom is -0.332 e. The van der Waals surface area contributed by atoms with Gasteiger partial charge in [-0.2, -0.15) is 0 Å². The van der Waals surface area contributed by atoms with Gasteiger partial charge in [-0.05, 0) is 42.5 Å². The number of pyridine rings is 1. The molecule has 1 aromatic heterocycles. The molecule has 2 aromatic rings. The normalized spacial score (nSPS) is 9.71. The predicted molar refractivity (Wildman–Crippen MR) is 75.5 cm³/mol. The number of hydrogen-bond donors (Lipinski definition) is 2. The molecule has 0 unspecified atom stereocenters. The molecule has 0 aliphatic heterocycles. The fourth-order valence-corrected chi connectivity index (χ4v) is 1.72. The average Bonchev–Trinajstić information content (AvgIpc) is 2.30. The summed E-state index contributed by atoms with van der Waals surface area (Å²) in [5, 5.41) is 7.27. The number of nitrogens with zero attached hydrogens (tertiary/aromatic N) is 1. The van der Waals surface area contributed by atoms with Gasteiger partial charge in [0.05, 0.1) is 0 Å². The molecule has 0 amide bonds. The molecule has 0 atom stereocenters. The summed E-state index contributed by atoms with van der Waals surface area (Å²) in [7, 11) is 0. The van der Waals surface area contributed by atoms with Crippen LogP contribution in [0.25, 0.3) is 0 Å². The minimum atomic E-state index is 0.512. The van der Waals surface area contributed by atoms with Crippen molar-refractivity contribution in [1.82, 2.24) is 4.98 Å². The molecule has 2 N–H and O–H groups in total. The maximum atomic E-state index is 5.88. The van der Waals surface area contributed by atoms with E-state index in [1.54, 1.807) is 12.4 Å². The minimum absolute atomic E-state index is 0.512. The summed E-state index contributed by atoms with van der Waals surface area (Å²) in [5.41, 5.74) is 1.74. The summed E-state index contributed by atoms with van der Waals surface area (Å²) < 4.78 is 0. The number of rotatable bonds is 2. The molecule has 0 aliphatic rings. The van der Waals surface area contributed by atoms with Gasteiger partial charge in [-0.15, -0.1) is 0 Å². The molecule has 86 valence electrons. The van der Waals surface area contributed by atoms with Gasteiger partial charge in [0.15, 0.2) is 5.11 Å². The number of hydrogen-bond acceptors (Lipinski definition) is 2. The van der Waals surface area contributed by atoms with Crippen LogP contribution in [0.15, 0.2) is 48.8 Å². The lowest BCUT2D eigenvalue weighted by Gasteiger charge is -2.10. The van der Waals surface area contributed by atoms with E-state index in [2.05, 4.69) is 15.6 Å². The molecule has 1 aromatic carbocycles. The Labute approximate surface area is 110 Å². The van der Waals surface area contributed by atoms with Gasteiger partial charge in [0, 0.05) is 28.8 Å². The first-order valence-electron chi connectivity index (χ1n) is 4.97. The molecular weight excluding hydrogens is 254 g/mol. The van der Waals surface area contributed by atoms with E-state index in [0.717, 1.165) is 11.4 Å². The molecule has 0 aliphatic carbocycles. The number of halogens is 1. The monoisotopic (exact) mass is 263 g/mol. The van der Waals surface area contributed by atoms with Crippen molar-refractivity contribution in [2.24, 2.45) is 0 Å². The maximum Gasteiger partial charge on any atom is 0.175 e. The lowest BCUT2D eigenvalue weighted by molar-refractivity contribution is 1.33. The fourth-order valence-electron chi connectivity index (χ4n) is 1.29. The van der Waals surface area contributed by atoms with E-state index >= 15 is 0 Å². The van der Waals surface area contributed by atoms with Crippen molar-refractivity contribution < 1.29 is 0 Å². The highest BCUT2D eigenvalue weighted by atomic mass is 35.5. The number of aromatic nitrogens is 1. The largest absolute Gasteiger partial charge is 0.332 e. The number of nitrogens with one attached hydrogen (secondary N) is 2. The second kappa shape index (κ2) is 5.61. The van der Waals surface area contributed by atoms with Gasteiger partial charge < -0.3 is 10.6 Å². The molecule has 0 bridgehead atoms. The van der Waals surface area contributed by atoms with E-state index in [1.807, 2.05) is 36.4 Å². The van der Waals surface area contributed by atoms with Crippen LogP contribution in [0.1, 0.15) is 0 Å². The second-order valence-electron chi connectivity index (χ2n) is 3.33. The first-order chi connectivity index (χ1) is 8.24. The lowest BCUT2D eigenvalue weighted by atomic mass is 10.3. The van der Waals surface area contributed by atoms with Gasteiger partial charge in [0.1, 0.15) is 0 Å². The number of benzene rings is 1. The van der Waals surface area contributed by atoms with E-state index in [9.17, 15) is 0 Å². The van der Waals surface area contributed by atoms with E-state index in [0.29, 0.717) is 10.1 Å². The average molecular weight is 264 g/mol. The maximum absolute atomic E-state index is 5.88. The molecule has 0 fully saturated rings. The van der Waals surface area contributed by atoms with E-state index in [-0.39, 0.29) is 0 Å². The number of anilines is 2. The summed E-state index contributed by atoms with van der Waals surface area (Å²) in [5.74, 6) is 0. The van der Waals surface area contributed by atoms with Crippen molar-refractivity contribution >= 4 is 40.3 Å². The highest BCUT2D eigenvalue weighted by molar-refractivity contribution is 7.80. The first-order valence-corrected chi connectivity index (χ1v) is 5.76. The third kappa shape index (κ3) is 3.69. The molecule has 5 heteroatoms. The summed E-state index contributed by atoms with van der Waals surface area (Å²) in [6.45, 7) is 0. The van der Waals surface area contributed by atoms with Crippen molar-refractivity contribution in [3.05, 3.63) is 53.8 Å². The van der Waals surface area contributed by atoms with Crippen molar-refractivity contribution in [1.29, 1.82) is 0 Å². The van der Waals surface area contributed by atoms with Crippen molar-refractivity contribution in [3.63, 3.8) is 0 Å². The smallest absolute Gasteiger partial charge is 0.175 e. The van der Waals surface area contributed by atoms with Gasteiger partial charge in [0.2, 0.25) is 0 Å². The lowest BCUT2D eigenvalue weighted by Crippen LogP contribution is -2.18. The zero-order valence-electron chi connectivity index (χ0n) is 8.85. The summed E-state index contributed by atoms with van der Waals surface area (Å²) in [6.07, 6.45) is 3.40. The van der Waals surface area contributed by atoms with Crippen molar-refractivity contribution in [2.75, 3.05) is 10.6 Å². The van der Waals surface area contributed by atoms with Crippen LogP contribution in [0.5, 0.6) is 0 Å². The molecule has 0 spiro atoms. The van der Waals surface area contributed by atoms with Gasteiger partial charge in [-0.1, -0.05) is 17.7 Å². The van der Waals surface area contributed by atoms with E-state index in [1.165, 1.54) is 0 Å². The topological polar surface area (TPSA) is 37.0 Å². The summed E-state index contributed by atoms with van der Waals surface area (Å²) in [6, 6.07) is 11.1. The zero-order valence-corrected chi connectivity index (χ0v) is 10.4. The molecule has 17 heavy (non-hydrogen) atoms. The van der Waals surface area contributed by atoms with Crippen LogP contribution in [0.4, 0.5) is 11.4 Å². The molecule has 2 rings (SSSR count). The Bertz CT molecular complexity index is 516. The molecule has 0 saturated heterocycles. The Kier molecular flexibility index (Phi) is 3.90. The highest BCUT2D eigenvalue weighted by Crippen LogP contribution is 2.15. The van der Waals surface area contributed by atoms with Crippen LogP contribution >= 0.6 is 23.8 Å². The Morgan fingerprint density at radius 1 is 1.06 bits per heavy atom. The fraction of sp³-hybridized carbons (Fsp3) is 0. The van der Waals surface area contributed by atoms with Gasteiger partial charge in [-0.25, -0.2) is 0 Å². The standard InChI is InChI=1S/C12H10ClN3S/c13-9-2-1-3-11(8-9)16-12(17)15-10-4-6-14-7-5-10/h1-8H,(H2,14,15,16,17). The second-order valence-corrected chi connectivity index (χ2v) is 4.17. The zero-order chi connectivity index (χ0) is 12.1. The molecule has 1 heterocycles. The third-order valence-corrected chi connectivity index (χ3v) is 2.46. The molecule has 3 nitrogen and oxygen atoms in total. The molecule has 0 saturated carbocycles. The van der Waals surface area contributed by atoms with Crippen molar-refractivity contribution in [2.45, 2.75) is 0 Å². The van der Waals surface area contributed by atoms with Crippen LogP contribution in [0, 0.1) is 0 Å².